The Balaban J connectivity index is 2.27. The van der Waals surface area contributed by atoms with Crippen LogP contribution in [0.4, 0.5) is 9.18 Å². The maximum atomic E-state index is 13.8. The Kier molecular flexibility index (Phi) is 4.12. The molecule has 0 saturated heterocycles. The average molecular weight is 295 g/mol. The minimum atomic E-state index is -0.530. The third-order valence-electron chi connectivity index (χ3n) is 3.58. The molecule has 0 unspecified atom stereocenters. The van der Waals surface area contributed by atoms with Gasteiger partial charge in [-0.05, 0) is 57.4 Å². The molecule has 0 fully saturated rings. The van der Waals surface area contributed by atoms with E-state index in [4.69, 9.17) is 9.47 Å². The largest absolute Gasteiger partial charge is 0.494 e. The van der Waals surface area contributed by atoms with Gasteiger partial charge in [0, 0.05) is 6.54 Å². The van der Waals surface area contributed by atoms with Gasteiger partial charge in [0.25, 0.3) is 0 Å². The first-order valence-electron chi connectivity index (χ1n) is 7.09. The lowest BCUT2D eigenvalue weighted by atomic mass is 9.93. The Bertz CT molecular complexity index is 551. The molecule has 4 nitrogen and oxygen atoms in total. The highest BCUT2D eigenvalue weighted by atomic mass is 19.1. The summed E-state index contributed by atoms with van der Waals surface area (Å²) in [6.45, 7) is 7.96. The van der Waals surface area contributed by atoms with Crippen LogP contribution in [-0.4, -0.2) is 30.2 Å². The lowest BCUT2D eigenvalue weighted by Gasteiger charge is -2.36. The van der Waals surface area contributed by atoms with Crippen LogP contribution >= 0.6 is 0 Å². The molecule has 1 aromatic rings. The van der Waals surface area contributed by atoms with Crippen molar-refractivity contribution in [3.8, 4) is 5.75 Å². The summed E-state index contributed by atoms with van der Waals surface area (Å²) in [5, 5.41) is 0. The van der Waals surface area contributed by atoms with Crippen molar-refractivity contribution < 1.29 is 18.7 Å². The van der Waals surface area contributed by atoms with Gasteiger partial charge in [0.2, 0.25) is 0 Å². The first-order chi connectivity index (χ1) is 9.73. The van der Waals surface area contributed by atoms with Gasteiger partial charge in [-0.2, -0.15) is 0 Å². The number of halogens is 1. The highest BCUT2D eigenvalue weighted by Crippen LogP contribution is 2.34. The number of rotatable bonds is 1. The molecular formula is C16H22FNO3. The number of amides is 1. The molecule has 0 spiro atoms. The van der Waals surface area contributed by atoms with Gasteiger partial charge in [0.1, 0.15) is 5.60 Å². The first kappa shape index (κ1) is 15.6. The molecule has 1 aliphatic heterocycles. The van der Waals surface area contributed by atoms with Gasteiger partial charge in [-0.3, -0.25) is 0 Å². The first-order valence-corrected chi connectivity index (χ1v) is 7.09. The molecule has 1 aliphatic rings. The van der Waals surface area contributed by atoms with Crippen LogP contribution in [0.5, 0.6) is 5.75 Å². The number of hydrogen-bond acceptors (Lipinski definition) is 3. The Labute approximate surface area is 124 Å². The van der Waals surface area contributed by atoms with Crippen LogP contribution in [0.1, 0.15) is 44.9 Å². The second-order valence-corrected chi connectivity index (χ2v) is 6.29. The van der Waals surface area contributed by atoms with Crippen LogP contribution in [0, 0.1) is 5.82 Å². The summed E-state index contributed by atoms with van der Waals surface area (Å²) in [4.78, 5) is 13.9. The third-order valence-corrected chi connectivity index (χ3v) is 3.58. The summed E-state index contributed by atoms with van der Waals surface area (Å²) >= 11 is 0. The van der Waals surface area contributed by atoms with Crippen LogP contribution < -0.4 is 4.74 Å². The number of benzene rings is 1. The molecule has 116 valence electrons. The number of methoxy groups -OCH3 is 1. The van der Waals surface area contributed by atoms with E-state index in [0.29, 0.717) is 13.0 Å². The minimum absolute atomic E-state index is 0.168. The van der Waals surface area contributed by atoms with Gasteiger partial charge in [0.05, 0.1) is 13.2 Å². The standard InChI is InChI=1S/C16H22FNO3/c1-10-12-9-14(20-5)13(17)8-11(12)6-7-18(10)15(19)21-16(2,3)4/h8-10H,6-7H2,1-5H3/t10-/m0/s1. The molecule has 1 heterocycles. The molecule has 0 aromatic heterocycles. The van der Waals surface area contributed by atoms with Crippen molar-refractivity contribution in [1.29, 1.82) is 0 Å². The van der Waals surface area contributed by atoms with E-state index < -0.39 is 5.60 Å². The number of carbonyl (C=O) groups excluding carboxylic acids is 1. The van der Waals surface area contributed by atoms with E-state index in [1.54, 1.807) is 11.0 Å². The van der Waals surface area contributed by atoms with E-state index in [2.05, 4.69) is 0 Å². The van der Waals surface area contributed by atoms with Gasteiger partial charge in [-0.1, -0.05) is 0 Å². The van der Waals surface area contributed by atoms with Crippen LogP contribution in [0.2, 0.25) is 0 Å². The number of ether oxygens (including phenoxy) is 2. The predicted octanol–water partition coefficient (Wildman–Crippen LogP) is 3.69. The Morgan fingerprint density at radius 3 is 2.62 bits per heavy atom. The van der Waals surface area contributed by atoms with Crippen molar-refractivity contribution >= 4 is 6.09 Å². The quantitative estimate of drug-likeness (QED) is 0.793. The van der Waals surface area contributed by atoms with E-state index >= 15 is 0 Å². The average Bonchev–Trinajstić information content (AvgIpc) is 2.36. The lowest BCUT2D eigenvalue weighted by molar-refractivity contribution is 0.0159. The molecule has 1 amide bonds. The highest BCUT2D eigenvalue weighted by Gasteiger charge is 2.31. The van der Waals surface area contributed by atoms with E-state index in [1.807, 2.05) is 27.7 Å². The van der Waals surface area contributed by atoms with Crippen molar-refractivity contribution in [3.63, 3.8) is 0 Å². The Hall–Kier alpha value is -1.78. The minimum Gasteiger partial charge on any atom is -0.494 e. The molecule has 0 radical (unpaired) electrons. The fraction of sp³-hybridized carbons (Fsp3) is 0.562. The summed E-state index contributed by atoms with van der Waals surface area (Å²) in [7, 11) is 1.43. The highest BCUT2D eigenvalue weighted by molar-refractivity contribution is 5.69. The zero-order valence-electron chi connectivity index (χ0n) is 13.2. The number of carbonyl (C=O) groups is 1. The fourth-order valence-corrected chi connectivity index (χ4v) is 2.54. The lowest BCUT2D eigenvalue weighted by Crippen LogP contribution is -2.42. The van der Waals surface area contributed by atoms with Crippen molar-refractivity contribution in [2.24, 2.45) is 0 Å². The smallest absolute Gasteiger partial charge is 0.410 e. The summed E-state index contributed by atoms with van der Waals surface area (Å²) in [6.07, 6.45) is 0.267. The zero-order chi connectivity index (χ0) is 15.8. The van der Waals surface area contributed by atoms with E-state index in [0.717, 1.165) is 11.1 Å². The molecule has 5 heteroatoms. The van der Waals surface area contributed by atoms with Gasteiger partial charge in [0.15, 0.2) is 11.6 Å². The van der Waals surface area contributed by atoms with Gasteiger partial charge < -0.3 is 14.4 Å². The van der Waals surface area contributed by atoms with Gasteiger partial charge in [-0.15, -0.1) is 0 Å². The zero-order valence-corrected chi connectivity index (χ0v) is 13.2. The summed E-state index contributed by atoms with van der Waals surface area (Å²) in [5.74, 6) is -0.166. The Morgan fingerprint density at radius 1 is 1.38 bits per heavy atom. The summed E-state index contributed by atoms with van der Waals surface area (Å²) in [6, 6.07) is 3.00. The molecule has 0 aliphatic carbocycles. The molecule has 1 atom stereocenters. The molecule has 2 rings (SSSR count). The number of nitrogens with zero attached hydrogens (tertiary/aromatic N) is 1. The van der Waals surface area contributed by atoms with Crippen LogP contribution in [0.15, 0.2) is 12.1 Å². The van der Waals surface area contributed by atoms with E-state index in [-0.39, 0.29) is 23.7 Å². The fourth-order valence-electron chi connectivity index (χ4n) is 2.54. The van der Waals surface area contributed by atoms with Gasteiger partial charge in [-0.25, -0.2) is 9.18 Å². The maximum absolute atomic E-state index is 13.8. The SMILES string of the molecule is COc1cc2c(cc1F)CCN(C(=O)OC(C)(C)C)[C@H]2C. The van der Waals surface area contributed by atoms with Crippen molar-refractivity contribution in [1.82, 2.24) is 4.90 Å². The van der Waals surface area contributed by atoms with Crippen molar-refractivity contribution in [2.75, 3.05) is 13.7 Å². The van der Waals surface area contributed by atoms with Gasteiger partial charge >= 0.3 is 6.09 Å². The number of hydrogen-bond donors (Lipinski definition) is 0. The third kappa shape index (κ3) is 3.28. The number of fused-ring (bicyclic) bond motifs is 1. The van der Waals surface area contributed by atoms with Crippen LogP contribution in [0.3, 0.4) is 0 Å². The second kappa shape index (κ2) is 5.54. The normalized spacial score (nSPS) is 18.2. The maximum Gasteiger partial charge on any atom is 0.410 e. The van der Waals surface area contributed by atoms with Crippen molar-refractivity contribution in [2.45, 2.75) is 45.8 Å². The summed E-state index contributed by atoms with van der Waals surface area (Å²) in [5.41, 5.74) is 1.29. The molecule has 1 aromatic carbocycles. The molecule has 0 N–H and O–H groups in total. The molecule has 21 heavy (non-hydrogen) atoms. The molecule has 0 bridgehead atoms. The monoisotopic (exact) mass is 295 g/mol. The topological polar surface area (TPSA) is 38.8 Å². The van der Waals surface area contributed by atoms with Crippen LogP contribution in [-0.2, 0) is 11.2 Å². The van der Waals surface area contributed by atoms with E-state index in [1.165, 1.54) is 13.2 Å². The Morgan fingerprint density at radius 2 is 2.05 bits per heavy atom. The molecular weight excluding hydrogens is 273 g/mol. The second-order valence-electron chi connectivity index (χ2n) is 6.29. The molecule has 0 saturated carbocycles. The predicted molar refractivity (Wildman–Crippen MR) is 78.0 cm³/mol. The van der Waals surface area contributed by atoms with Crippen molar-refractivity contribution in [3.05, 3.63) is 29.1 Å². The van der Waals surface area contributed by atoms with E-state index in [9.17, 15) is 9.18 Å². The summed E-state index contributed by atoms with van der Waals surface area (Å²) < 4.78 is 24.2. The van der Waals surface area contributed by atoms with Crippen LogP contribution in [0.25, 0.3) is 0 Å².